The number of phosphoric acid groups is 1. The molecule has 78 heavy (non-hydrogen) atoms. The van der Waals surface area contributed by atoms with E-state index in [1.807, 2.05) is 33.3 Å². The predicted molar refractivity (Wildman–Crippen MR) is 335 cm³/mol. The summed E-state index contributed by atoms with van der Waals surface area (Å²) in [5.74, 6) is -0.567. The van der Waals surface area contributed by atoms with Crippen molar-refractivity contribution in [1.29, 1.82) is 0 Å². The number of likely N-dealkylation sites (N-methyl/N-ethyl adjacent to an activating group) is 1. The molecule has 3 unspecified atom stereocenters. The number of ether oxygens (including phenoxy) is 1. The largest absolute Gasteiger partial charge is 0.756 e. The number of hydrogen-bond donors (Lipinski definition) is 1. The third-order valence-electron chi connectivity index (χ3n) is 14.1. The maximum atomic E-state index is 13.6. The van der Waals surface area contributed by atoms with Crippen LogP contribution in [0.25, 0.3) is 0 Å². The average molecular weight is 1110 g/mol. The fourth-order valence-corrected chi connectivity index (χ4v) is 9.80. The molecule has 10 heteroatoms. The third kappa shape index (κ3) is 57.9. The highest BCUT2D eigenvalue weighted by atomic mass is 31.2. The molecule has 0 spiro atoms. The van der Waals surface area contributed by atoms with Crippen LogP contribution in [-0.4, -0.2) is 69.4 Å². The first-order valence-electron chi connectivity index (χ1n) is 32.4. The Kier molecular flexibility index (Phi) is 55.4. The summed E-state index contributed by atoms with van der Waals surface area (Å²) in [5.41, 5.74) is 0. The van der Waals surface area contributed by atoms with Crippen molar-refractivity contribution in [2.75, 3.05) is 40.9 Å². The van der Waals surface area contributed by atoms with Gasteiger partial charge in [-0.1, -0.05) is 254 Å². The Morgan fingerprint density at radius 1 is 0.462 bits per heavy atom. The molecule has 0 aliphatic carbocycles. The second kappa shape index (κ2) is 57.4. The van der Waals surface area contributed by atoms with Gasteiger partial charge in [-0.05, 0) is 102 Å². The maximum Gasteiger partial charge on any atom is 0.306 e. The van der Waals surface area contributed by atoms with Gasteiger partial charge >= 0.3 is 5.97 Å². The number of nitrogens with zero attached hydrogens (tertiary/aromatic N) is 1. The minimum Gasteiger partial charge on any atom is -0.756 e. The first kappa shape index (κ1) is 75.2. The summed E-state index contributed by atoms with van der Waals surface area (Å²) in [5, 5.41) is 3.03. The van der Waals surface area contributed by atoms with E-state index in [1.165, 1.54) is 141 Å². The highest BCUT2D eigenvalue weighted by Crippen LogP contribution is 2.38. The van der Waals surface area contributed by atoms with E-state index in [0.717, 1.165) is 103 Å². The number of nitrogens with one attached hydrogen (secondary N) is 1. The number of carbonyl (C=O) groups excluding carboxylic acids is 2. The summed E-state index contributed by atoms with van der Waals surface area (Å²) in [6.45, 7) is 6.70. The van der Waals surface area contributed by atoms with Gasteiger partial charge in [0.25, 0.3) is 7.82 Å². The lowest BCUT2D eigenvalue weighted by Crippen LogP contribution is -2.47. The zero-order valence-corrected chi connectivity index (χ0v) is 52.5. The summed E-state index contributed by atoms with van der Waals surface area (Å²) in [6, 6.07) is -0.902. The molecule has 452 valence electrons. The lowest BCUT2D eigenvalue weighted by Gasteiger charge is -2.30. The Hall–Kier alpha value is -2.81. The van der Waals surface area contributed by atoms with Gasteiger partial charge in [-0.3, -0.25) is 14.2 Å². The molecule has 3 atom stereocenters. The topological polar surface area (TPSA) is 114 Å². The summed E-state index contributed by atoms with van der Waals surface area (Å²) in [6.07, 6.45) is 75.5. The molecule has 0 fully saturated rings. The van der Waals surface area contributed by atoms with Crippen molar-refractivity contribution in [2.24, 2.45) is 0 Å². The Morgan fingerprint density at radius 2 is 0.821 bits per heavy atom. The van der Waals surface area contributed by atoms with Gasteiger partial charge in [-0.25, -0.2) is 0 Å². The number of rotatable bonds is 58. The van der Waals surface area contributed by atoms with Crippen LogP contribution in [0.4, 0.5) is 0 Å². The molecule has 0 radical (unpaired) electrons. The number of hydrogen-bond acceptors (Lipinski definition) is 7. The Balaban J connectivity index is 5.16. The minimum absolute atomic E-state index is 0.0292. The molecule has 1 N–H and O–H groups in total. The highest BCUT2D eigenvalue weighted by Gasteiger charge is 2.27. The van der Waals surface area contributed by atoms with Crippen LogP contribution in [0.5, 0.6) is 0 Å². The van der Waals surface area contributed by atoms with Crippen molar-refractivity contribution >= 4 is 19.7 Å². The Labute approximate surface area is 482 Å². The minimum atomic E-state index is -4.71. The second-order valence-corrected chi connectivity index (χ2v) is 24.3. The van der Waals surface area contributed by atoms with Crippen LogP contribution >= 0.6 is 7.82 Å². The van der Waals surface area contributed by atoms with E-state index in [4.69, 9.17) is 13.8 Å². The molecule has 0 aliphatic heterocycles. The molecule has 0 aromatic carbocycles. The summed E-state index contributed by atoms with van der Waals surface area (Å²) < 4.78 is 30.3. The lowest BCUT2D eigenvalue weighted by molar-refractivity contribution is -0.870. The van der Waals surface area contributed by atoms with E-state index < -0.39 is 26.6 Å². The number of allylic oxidation sites excluding steroid dienone is 13. The van der Waals surface area contributed by atoms with E-state index in [1.54, 1.807) is 0 Å². The van der Waals surface area contributed by atoms with Crippen molar-refractivity contribution in [1.82, 2.24) is 5.32 Å². The van der Waals surface area contributed by atoms with Crippen LogP contribution < -0.4 is 10.2 Å². The van der Waals surface area contributed by atoms with Crippen molar-refractivity contribution in [3.8, 4) is 0 Å². The SMILES string of the molecule is CC/C=C/C/C=C/C/C=C/CCCCCCC(=O)OC(/C=C\CCCCCCCCCCCCC)C(COP(=O)([O-])OCC[N+](C)(C)C)NC(=O)CCCCCCCCCCCCCC/C=C\C/C=C\C/C=C\CCCCC. The van der Waals surface area contributed by atoms with Gasteiger partial charge < -0.3 is 28.5 Å². The predicted octanol–water partition coefficient (Wildman–Crippen LogP) is 19.5. The molecule has 0 saturated heterocycles. The van der Waals surface area contributed by atoms with Crippen molar-refractivity contribution in [3.05, 3.63) is 85.1 Å². The third-order valence-corrected chi connectivity index (χ3v) is 15.0. The summed E-state index contributed by atoms with van der Waals surface area (Å²) in [4.78, 5) is 40.0. The number of phosphoric ester groups is 1. The number of esters is 1. The van der Waals surface area contributed by atoms with Gasteiger partial charge in [0.2, 0.25) is 5.91 Å². The maximum absolute atomic E-state index is 13.6. The number of quaternary nitrogens is 1. The van der Waals surface area contributed by atoms with Gasteiger partial charge in [0.15, 0.2) is 0 Å². The van der Waals surface area contributed by atoms with Gasteiger partial charge in [-0.2, -0.15) is 0 Å². The normalized spacial score (nSPS) is 14.2. The van der Waals surface area contributed by atoms with Crippen LogP contribution in [0.2, 0.25) is 0 Å². The Bertz CT molecular complexity index is 1610. The molecule has 9 nitrogen and oxygen atoms in total. The summed E-state index contributed by atoms with van der Waals surface area (Å²) >= 11 is 0. The molecule has 0 rings (SSSR count). The quantitative estimate of drug-likeness (QED) is 0.0212. The number of carbonyl (C=O) groups is 2. The fourth-order valence-electron chi connectivity index (χ4n) is 9.07. The molecule has 1 amide bonds. The van der Waals surface area contributed by atoms with E-state index >= 15 is 0 Å². The summed E-state index contributed by atoms with van der Waals surface area (Å²) in [7, 11) is 1.17. The van der Waals surface area contributed by atoms with E-state index in [-0.39, 0.29) is 24.9 Å². The zero-order chi connectivity index (χ0) is 57.2. The van der Waals surface area contributed by atoms with Crippen LogP contribution in [0.15, 0.2) is 85.1 Å². The number of unbranched alkanes of at least 4 members (excludes halogenated alkanes) is 30. The van der Waals surface area contributed by atoms with Crippen molar-refractivity contribution < 1.29 is 37.3 Å². The molecular formula is C68H123N2O7P. The van der Waals surface area contributed by atoms with Gasteiger partial charge in [0.1, 0.15) is 19.3 Å². The molecule has 0 bridgehead atoms. The lowest BCUT2D eigenvalue weighted by atomic mass is 10.0. The molecule has 0 saturated carbocycles. The molecule has 0 heterocycles. The van der Waals surface area contributed by atoms with Crippen molar-refractivity contribution in [3.63, 3.8) is 0 Å². The zero-order valence-electron chi connectivity index (χ0n) is 51.6. The fraction of sp³-hybridized carbons (Fsp3) is 0.765. The number of amides is 1. The molecule has 0 aromatic heterocycles. The van der Waals surface area contributed by atoms with Crippen LogP contribution in [-0.2, 0) is 27.9 Å². The monoisotopic (exact) mass is 1110 g/mol. The molecular weight excluding hydrogens is 988 g/mol. The first-order valence-corrected chi connectivity index (χ1v) is 33.9. The van der Waals surface area contributed by atoms with Crippen molar-refractivity contribution in [2.45, 2.75) is 296 Å². The van der Waals surface area contributed by atoms with Gasteiger partial charge in [0, 0.05) is 12.8 Å². The van der Waals surface area contributed by atoms with Crippen LogP contribution in [0.1, 0.15) is 284 Å². The standard InChI is InChI=1S/C68H123N2O7P/c1-7-10-13-16-19-22-25-28-30-31-32-33-34-35-36-37-38-39-40-42-45-48-51-54-57-60-67(71)69-65(64-76-78(73,74)75-63-62-70(4,5)6)66(59-56-53-50-47-44-41-27-24-21-18-15-12-9-3)77-68(72)61-58-55-52-49-46-43-29-26-23-20-17-14-11-8-2/h11,14,19-20,22-23,28-30,32-33,43,56,59,65-66H,7-10,12-13,15-18,21,24-27,31,34-42,44-55,57-58,60-64H2,1-6H3,(H-,69,71,73,74)/b14-11+,22-19-,23-20+,30-28-,33-32-,43-29+,59-56-. The van der Waals surface area contributed by atoms with Crippen LogP contribution in [0.3, 0.4) is 0 Å². The van der Waals surface area contributed by atoms with E-state index in [9.17, 15) is 19.0 Å². The molecule has 0 aliphatic rings. The second-order valence-electron chi connectivity index (χ2n) is 22.9. The Morgan fingerprint density at radius 3 is 1.26 bits per heavy atom. The smallest absolute Gasteiger partial charge is 0.306 e. The van der Waals surface area contributed by atoms with E-state index in [0.29, 0.717) is 23.9 Å². The molecule has 0 aromatic rings. The average Bonchev–Trinajstić information content (AvgIpc) is 3.40. The van der Waals surface area contributed by atoms with Gasteiger partial charge in [-0.15, -0.1) is 0 Å². The highest BCUT2D eigenvalue weighted by molar-refractivity contribution is 7.45. The first-order chi connectivity index (χ1) is 37.9. The van der Waals surface area contributed by atoms with Gasteiger partial charge in [0.05, 0.1) is 33.8 Å². The van der Waals surface area contributed by atoms with E-state index in [2.05, 4.69) is 99.0 Å². The van der Waals surface area contributed by atoms with Crippen LogP contribution in [0, 0.1) is 0 Å².